The number of ether oxygens (including phenoxy) is 9. The first kappa shape index (κ1) is 46.8. The number of cyclic esters (lactones) is 2. The van der Waals surface area contributed by atoms with E-state index in [-0.39, 0.29) is 45.2 Å². The summed E-state index contributed by atoms with van der Waals surface area (Å²) in [6.45, 7) is 25.6. The molecule has 0 spiro atoms. The van der Waals surface area contributed by atoms with Gasteiger partial charge in [-0.05, 0) is 45.1 Å². The maximum absolute atomic E-state index is 12.7. The lowest BCUT2D eigenvalue weighted by atomic mass is 10.1. The summed E-state index contributed by atoms with van der Waals surface area (Å²) in [4.78, 5) is 36.8. The number of esters is 2. The van der Waals surface area contributed by atoms with Crippen LogP contribution in [0, 0.1) is 11.8 Å². The van der Waals surface area contributed by atoms with Crippen LogP contribution in [0.3, 0.4) is 0 Å². The Kier molecular flexibility index (Phi) is 21.6. The summed E-state index contributed by atoms with van der Waals surface area (Å²) in [7, 11) is 0. The largest absolute Gasteiger partial charge is 0.459 e. The minimum atomic E-state index is -1.03. The van der Waals surface area contributed by atoms with Crippen LogP contribution in [0.25, 0.3) is 0 Å². The van der Waals surface area contributed by atoms with Crippen molar-refractivity contribution in [1.29, 1.82) is 0 Å². The topological polar surface area (TPSA) is 172 Å². The number of rotatable bonds is 15. The molecule has 3 rings (SSSR count). The van der Waals surface area contributed by atoms with Crippen LogP contribution >= 0.6 is 0 Å². The highest BCUT2D eigenvalue weighted by molar-refractivity contribution is 5.81. The van der Waals surface area contributed by atoms with E-state index in [0.717, 1.165) is 16.7 Å². The van der Waals surface area contributed by atoms with E-state index >= 15 is 0 Å². The van der Waals surface area contributed by atoms with Crippen molar-refractivity contribution < 1.29 is 57.0 Å². The zero-order valence-electron chi connectivity index (χ0n) is 33.4. The summed E-state index contributed by atoms with van der Waals surface area (Å²) in [6, 6.07) is 7.45. The number of amides is 1. The Morgan fingerprint density at radius 3 is 1.89 bits per heavy atom. The Morgan fingerprint density at radius 2 is 1.30 bits per heavy atom. The standard InChI is InChI=1S/C24H33NO7.C16H31NO5/c1-16(2)11-29-21-15-28-14-20(23(26)32-18(5)22(21)30-12-17(3)4)25-24(27)31-13-19-9-7-6-8-10-19;1-10(2)6-20-14-9-19-8-13(17)16(18)22-12(5)15(14)21-7-11(3)4/h6-10,18,20-22H,1,3,11-15H2,2,4-5H3,(H,25,27);10-15H,6-9,17H2,1-5H3/t18-,20-,21-,22-;12-,13-,14-,15-/m00/s1. The van der Waals surface area contributed by atoms with Crippen molar-refractivity contribution in [3.05, 3.63) is 60.2 Å². The highest BCUT2D eigenvalue weighted by Gasteiger charge is 2.37. The van der Waals surface area contributed by atoms with Crippen molar-refractivity contribution in [2.45, 2.75) is 111 Å². The molecule has 306 valence electrons. The van der Waals surface area contributed by atoms with E-state index in [1.807, 2.05) is 51.1 Å². The molecule has 0 aromatic heterocycles. The average Bonchev–Trinajstić information content (AvgIpc) is 3.18. The smallest absolute Gasteiger partial charge is 0.408 e. The monoisotopic (exact) mass is 764 g/mol. The molecule has 8 atom stereocenters. The first-order valence-electron chi connectivity index (χ1n) is 18.6. The minimum Gasteiger partial charge on any atom is -0.459 e. The van der Waals surface area contributed by atoms with Crippen LogP contribution < -0.4 is 11.1 Å². The molecule has 0 aliphatic carbocycles. The van der Waals surface area contributed by atoms with Gasteiger partial charge in [-0.1, -0.05) is 82.3 Å². The lowest BCUT2D eigenvalue weighted by molar-refractivity contribution is -0.169. The molecule has 14 nitrogen and oxygen atoms in total. The molecule has 1 aromatic carbocycles. The van der Waals surface area contributed by atoms with E-state index in [2.05, 4.69) is 46.2 Å². The number of carbonyl (C=O) groups is 3. The lowest BCUT2D eigenvalue weighted by Crippen LogP contribution is -2.47. The highest BCUT2D eigenvalue weighted by Crippen LogP contribution is 2.19. The normalized spacial score (nSPS) is 26.6. The maximum Gasteiger partial charge on any atom is 0.408 e. The van der Waals surface area contributed by atoms with Gasteiger partial charge in [0.25, 0.3) is 0 Å². The summed E-state index contributed by atoms with van der Waals surface area (Å²) in [5.41, 5.74) is 8.23. The second-order valence-electron chi connectivity index (χ2n) is 14.7. The van der Waals surface area contributed by atoms with Gasteiger partial charge in [0.15, 0.2) is 6.04 Å². The van der Waals surface area contributed by atoms with E-state index in [1.54, 1.807) is 6.92 Å². The molecule has 0 saturated carbocycles. The predicted molar refractivity (Wildman–Crippen MR) is 203 cm³/mol. The van der Waals surface area contributed by atoms with Gasteiger partial charge in [-0.25, -0.2) is 9.59 Å². The van der Waals surface area contributed by atoms with Crippen LogP contribution in [0.2, 0.25) is 0 Å². The number of carbonyl (C=O) groups excluding carboxylic acids is 3. The quantitative estimate of drug-likeness (QED) is 0.145. The van der Waals surface area contributed by atoms with Crippen LogP contribution in [0.5, 0.6) is 0 Å². The molecule has 54 heavy (non-hydrogen) atoms. The van der Waals surface area contributed by atoms with E-state index in [9.17, 15) is 14.4 Å². The first-order valence-corrected chi connectivity index (χ1v) is 18.6. The molecule has 14 heteroatoms. The third-order valence-electron chi connectivity index (χ3n) is 7.83. The number of alkyl carbamates (subject to hydrolysis) is 1. The Bertz CT molecular complexity index is 1290. The number of hydrogen-bond donors (Lipinski definition) is 2. The Labute approximate surface area is 321 Å². The van der Waals surface area contributed by atoms with Crippen molar-refractivity contribution in [2.24, 2.45) is 17.6 Å². The number of nitrogens with two attached hydrogens (primary N) is 1. The highest BCUT2D eigenvalue weighted by atomic mass is 16.6. The van der Waals surface area contributed by atoms with Gasteiger partial charge in [-0.15, -0.1) is 0 Å². The second-order valence-corrected chi connectivity index (χ2v) is 14.7. The zero-order valence-corrected chi connectivity index (χ0v) is 33.4. The third-order valence-corrected chi connectivity index (χ3v) is 7.83. The first-order chi connectivity index (χ1) is 25.6. The van der Waals surface area contributed by atoms with Crippen molar-refractivity contribution in [1.82, 2.24) is 5.32 Å². The molecule has 0 bridgehead atoms. The lowest BCUT2D eigenvalue weighted by Gasteiger charge is -2.31. The van der Waals surface area contributed by atoms with E-state index in [4.69, 9.17) is 48.4 Å². The summed E-state index contributed by atoms with van der Waals surface area (Å²) >= 11 is 0. The Hall–Kier alpha value is -3.37. The molecule has 2 heterocycles. The second kappa shape index (κ2) is 24.9. The molecular weight excluding hydrogens is 700 g/mol. The molecule has 0 unspecified atom stereocenters. The predicted octanol–water partition coefficient (Wildman–Crippen LogP) is 4.52. The molecule has 3 N–H and O–H groups in total. The number of hydrogen-bond acceptors (Lipinski definition) is 13. The van der Waals surface area contributed by atoms with Crippen LogP contribution in [0.15, 0.2) is 54.6 Å². The fourth-order valence-corrected chi connectivity index (χ4v) is 5.10. The van der Waals surface area contributed by atoms with Gasteiger partial charge >= 0.3 is 18.0 Å². The van der Waals surface area contributed by atoms with Crippen LogP contribution in [-0.2, 0) is 58.8 Å². The van der Waals surface area contributed by atoms with Crippen LogP contribution in [0.4, 0.5) is 4.79 Å². The third kappa shape index (κ3) is 18.3. The van der Waals surface area contributed by atoms with Gasteiger partial charge in [-0.3, -0.25) is 4.79 Å². The van der Waals surface area contributed by atoms with Gasteiger partial charge in [0.2, 0.25) is 0 Å². The molecule has 1 amide bonds. The van der Waals surface area contributed by atoms with E-state index in [0.29, 0.717) is 38.3 Å². The van der Waals surface area contributed by atoms with Crippen molar-refractivity contribution >= 4 is 18.0 Å². The molecule has 2 aliphatic rings. The number of benzene rings is 1. The maximum atomic E-state index is 12.7. The average molecular weight is 765 g/mol. The fourth-order valence-electron chi connectivity index (χ4n) is 5.10. The molecule has 2 fully saturated rings. The fraction of sp³-hybridized carbons (Fsp3) is 0.675. The summed E-state index contributed by atoms with van der Waals surface area (Å²) in [5.74, 6) is -0.322. The van der Waals surface area contributed by atoms with Gasteiger partial charge < -0.3 is 53.7 Å². The van der Waals surface area contributed by atoms with Gasteiger partial charge in [-0.2, -0.15) is 0 Å². The van der Waals surface area contributed by atoms with E-state index in [1.165, 1.54) is 0 Å². The Balaban J connectivity index is 0.000000401. The molecular formula is C40H64N2O12. The molecule has 1 aromatic rings. The minimum absolute atomic E-state index is 0.0827. The van der Waals surface area contributed by atoms with Gasteiger partial charge in [0, 0.05) is 13.2 Å². The van der Waals surface area contributed by atoms with Crippen molar-refractivity contribution in [3.63, 3.8) is 0 Å². The van der Waals surface area contributed by atoms with Crippen LogP contribution in [-0.4, -0.2) is 120 Å². The number of nitrogens with one attached hydrogen (secondary N) is 1. The van der Waals surface area contributed by atoms with Crippen molar-refractivity contribution in [2.75, 3.05) is 52.9 Å². The molecule has 2 saturated heterocycles. The van der Waals surface area contributed by atoms with Crippen LogP contribution in [0.1, 0.15) is 61.0 Å². The zero-order chi connectivity index (χ0) is 40.2. The Morgan fingerprint density at radius 1 is 0.778 bits per heavy atom. The summed E-state index contributed by atoms with van der Waals surface area (Å²) in [6.07, 6.45) is -3.56. The van der Waals surface area contributed by atoms with Gasteiger partial charge in [0.1, 0.15) is 49.3 Å². The van der Waals surface area contributed by atoms with E-state index < -0.39 is 54.5 Å². The molecule has 0 radical (unpaired) electrons. The SMILES string of the molecule is C=C(C)CO[C@H]1[C@H](C)OC(=O)[C@@H](NC(=O)OCc2ccccc2)COC[C@@H]1OCC(=C)C.CC(C)CO[C@H]1[C@H](C)OC(=O)[C@@H](N)COC[C@@H]1OCC(C)C. The summed E-state index contributed by atoms with van der Waals surface area (Å²) < 4.78 is 51.2. The van der Waals surface area contributed by atoms with Crippen molar-refractivity contribution in [3.8, 4) is 0 Å². The van der Waals surface area contributed by atoms with Gasteiger partial charge in [0.05, 0.1) is 39.6 Å². The summed E-state index contributed by atoms with van der Waals surface area (Å²) in [5, 5.41) is 2.51. The molecule has 2 aliphatic heterocycles.